The molecule has 0 saturated carbocycles. The Labute approximate surface area is 203 Å². The van der Waals surface area contributed by atoms with Crippen LogP contribution in [0.25, 0.3) is 0 Å². The molecule has 2 unspecified atom stereocenters. The summed E-state index contributed by atoms with van der Waals surface area (Å²) in [6.45, 7) is 0. The van der Waals surface area contributed by atoms with Crippen molar-refractivity contribution in [1.82, 2.24) is 10.2 Å². The molecule has 0 aromatic heterocycles. The van der Waals surface area contributed by atoms with Crippen LogP contribution >= 0.6 is 0 Å². The van der Waals surface area contributed by atoms with Gasteiger partial charge in [-0.2, -0.15) is 0 Å². The zero-order valence-corrected chi connectivity index (χ0v) is 19.1. The van der Waals surface area contributed by atoms with Crippen molar-refractivity contribution in [2.45, 2.75) is 30.8 Å². The molecule has 35 heavy (non-hydrogen) atoms. The number of allylic oxidation sites excluding steroid dienone is 1. The maximum absolute atomic E-state index is 14.1. The number of nitrogens with zero attached hydrogens (tertiary/aromatic N) is 1. The van der Waals surface area contributed by atoms with Gasteiger partial charge in [-0.1, -0.05) is 84.9 Å². The molecular formula is C29H26N2O4. The van der Waals surface area contributed by atoms with Crippen molar-refractivity contribution in [2.24, 2.45) is 5.92 Å². The Hall–Kier alpha value is -4.19. The van der Waals surface area contributed by atoms with Crippen molar-refractivity contribution in [1.29, 1.82) is 0 Å². The van der Waals surface area contributed by atoms with Gasteiger partial charge >= 0.3 is 5.97 Å². The molecule has 2 aliphatic heterocycles. The van der Waals surface area contributed by atoms with E-state index in [-0.39, 0.29) is 17.9 Å². The van der Waals surface area contributed by atoms with Gasteiger partial charge in [0.05, 0.1) is 5.92 Å². The molecule has 1 saturated heterocycles. The number of piperidine rings is 1. The molecule has 3 atom stereocenters. The second-order valence-corrected chi connectivity index (χ2v) is 8.99. The lowest BCUT2D eigenvalue weighted by atomic mass is 9.75. The Bertz CT molecular complexity index is 1220. The molecule has 2 heterocycles. The number of benzene rings is 3. The van der Waals surface area contributed by atoms with Crippen LogP contribution in [0.15, 0.2) is 103 Å². The lowest BCUT2D eigenvalue weighted by Crippen LogP contribution is -2.62. The van der Waals surface area contributed by atoms with Crippen LogP contribution < -0.4 is 5.32 Å². The number of rotatable bonds is 6. The van der Waals surface area contributed by atoms with E-state index in [0.717, 1.165) is 11.1 Å². The van der Waals surface area contributed by atoms with Crippen molar-refractivity contribution in [3.8, 4) is 0 Å². The molecule has 2 amide bonds. The Balaban J connectivity index is 1.47. The van der Waals surface area contributed by atoms with Crippen LogP contribution in [0.2, 0.25) is 0 Å². The minimum atomic E-state index is -1.06. The number of carbonyl (C=O) groups excluding carboxylic acids is 2. The molecule has 1 fully saturated rings. The van der Waals surface area contributed by atoms with Crippen molar-refractivity contribution in [3.05, 3.63) is 119 Å². The van der Waals surface area contributed by atoms with E-state index in [2.05, 4.69) is 5.32 Å². The molecule has 2 N–H and O–H groups in total. The molecule has 0 spiro atoms. The number of nitrogens with one attached hydrogen (secondary N) is 1. The summed E-state index contributed by atoms with van der Waals surface area (Å²) in [5.41, 5.74) is 2.80. The van der Waals surface area contributed by atoms with E-state index in [4.69, 9.17) is 0 Å². The number of fused-ring (bicyclic) bond motifs is 3. The molecule has 176 valence electrons. The monoisotopic (exact) mass is 466 g/mol. The van der Waals surface area contributed by atoms with Gasteiger partial charge in [-0.25, -0.2) is 4.79 Å². The van der Waals surface area contributed by atoms with Crippen LogP contribution in [-0.2, 0) is 9.59 Å². The summed E-state index contributed by atoms with van der Waals surface area (Å²) in [7, 11) is 0. The highest BCUT2D eigenvalue weighted by atomic mass is 16.4. The van der Waals surface area contributed by atoms with E-state index in [9.17, 15) is 19.5 Å². The highest BCUT2D eigenvalue weighted by Crippen LogP contribution is 2.42. The third-order valence-electron chi connectivity index (χ3n) is 6.92. The van der Waals surface area contributed by atoms with E-state index >= 15 is 0 Å². The summed E-state index contributed by atoms with van der Waals surface area (Å²) in [4.78, 5) is 40.9. The summed E-state index contributed by atoms with van der Waals surface area (Å²) in [6.07, 6.45) is 2.85. The Morgan fingerprint density at radius 3 is 1.91 bits per heavy atom. The molecule has 3 aromatic carbocycles. The topological polar surface area (TPSA) is 86.7 Å². The molecule has 2 bridgehead atoms. The van der Waals surface area contributed by atoms with E-state index in [1.165, 1.54) is 4.90 Å². The molecule has 3 aromatic rings. The van der Waals surface area contributed by atoms with Crippen molar-refractivity contribution in [2.75, 3.05) is 0 Å². The predicted molar refractivity (Wildman–Crippen MR) is 131 cm³/mol. The quantitative estimate of drug-likeness (QED) is 0.570. The van der Waals surface area contributed by atoms with Gasteiger partial charge in [0.25, 0.3) is 5.91 Å². The van der Waals surface area contributed by atoms with E-state index in [0.29, 0.717) is 24.1 Å². The summed E-state index contributed by atoms with van der Waals surface area (Å²) < 4.78 is 0. The van der Waals surface area contributed by atoms with Gasteiger partial charge < -0.3 is 15.3 Å². The smallest absolute Gasteiger partial charge is 0.327 e. The van der Waals surface area contributed by atoms with Crippen molar-refractivity contribution in [3.63, 3.8) is 0 Å². The normalized spacial score (nSPS) is 20.9. The van der Waals surface area contributed by atoms with Crippen LogP contribution in [0.5, 0.6) is 0 Å². The van der Waals surface area contributed by atoms with E-state index in [1.54, 1.807) is 24.3 Å². The summed E-state index contributed by atoms with van der Waals surface area (Å²) in [5.74, 6) is -2.62. The number of hydrogen-bond donors (Lipinski definition) is 2. The Kier molecular flexibility index (Phi) is 6.19. The maximum Gasteiger partial charge on any atom is 0.327 e. The number of hydrogen-bond acceptors (Lipinski definition) is 3. The zero-order valence-electron chi connectivity index (χ0n) is 19.1. The lowest BCUT2D eigenvalue weighted by molar-refractivity contribution is -0.154. The molecule has 1 aliphatic carbocycles. The van der Waals surface area contributed by atoms with Crippen LogP contribution in [0.3, 0.4) is 0 Å². The fraction of sp³-hybridized carbons (Fsp3) is 0.207. The summed E-state index contributed by atoms with van der Waals surface area (Å²) in [5, 5.41) is 13.3. The van der Waals surface area contributed by atoms with Crippen LogP contribution in [0.4, 0.5) is 0 Å². The highest BCUT2D eigenvalue weighted by molar-refractivity contribution is 5.95. The first-order chi connectivity index (χ1) is 17.0. The molecule has 0 radical (unpaired) electrons. The number of carbonyl (C=O) groups is 3. The van der Waals surface area contributed by atoms with Crippen LogP contribution in [0, 0.1) is 5.92 Å². The average molecular weight is 467 g/mol. The molecule has 3 aliphatic rings. The minimum Gasteiger partial charge on any atom is -0.480 e. The van der Waals surface area contributed by atoms with Gasteiger partial charge in [-0.15, -0.1) is 0 Å². The van der Waals surface area contributed by atoms with Gasteiger partial charge in [-0.3, -0.25) is 9.59 Å². The second-order valence-electron chi connectivity index (χ2n) is 8.99. The first kappa shape index (κ1) is 22.6. The summed E-state index contributed by atoms with van der Waals surface area (Å²) >= 11 is 0. The van der Waals surface area contributed by atoms with Gasteiger partial charge in [-0.05, 0) is 29.7 Å². The van der Waals surface area contributed by atoms with Crippen molar-refractivity contribution >= 4 is 17.8 Å². The lowest BCUT2D eigenvalue weighted by Gasteiger charge is -2.49. The SMILES string of the molecule is O=C(NC1CC2=CC[C@@H]1C(C(=O)O)N2C(=O)C(c1ccccc1)c1ccccc1)c1ccccc1. The molecule has 6 rings (SSSR count). The number of carboxylic acids is 1. The third-order valence-corrected chi connectivity index (χ3v) is 6.92. The van der Waals surface area contributed by atoms with Gasteiger partial charge in [0.15, 0.2) is 0 Å². The third kappa shape index (κ3) is 4.35. The second kappa shape index (κ2) is 9.58. The standard InChI is InChI=1S/C29H26N2O4/c32-27(21-14-8-3-9-15-21)30-24-18-22-16-17-23(24)26(29(34)35)31(22)28(33)25(19-10-4-1-5-11-19)20-12-6-2-7-13-20/h1-16,23-26H,17-18H2,(H,30,32)(H,34,35)/t23-,24?,26?/m0/s1. The van der Waals surface area contributed by atoms with Gasteiger partial charge in [0, 0.05) is 29.6 Å². The first-order valence-electron chi connectivity index (χ1n) is 11.8. The molecule has 6 heteroatoms. The maximum atomic E-state index is 14.1. The Morgan fingerprint density at radius 1 is 0.829 bits per heavy atom. The van der Waals surface area contributed by atoms with E-state index in [1.807, 2.05) is 72.8 Å². The average Bonchev–Trinajstić information content (AvgIpc) is 2.90. The van der Waals surface area contributed by atoms with Gasteiger partial charge in [0.1, 0.15) is 6.04 Å². The van der Waals surface area contributed by atoms with Gasteiger partial charge in [0.2, 0.25) is 5.91 Å². The number of carboxylic acid groups (broad SMARTS) is 1. The fourth-order valence-corrected chi connectivity index (χ4v) is 5.29. The largest absolute Gasteiger partial charge is 0.480 e. The molecule has 6 nitrogen and oxygen atoms in total. The first-order valence-corrected chi connectivity index (χ1v) is 11.8. The predicted octanol–water partition coefficient (Wildman–Crippen LogP) is 4.21. The number of aliphatic carboxylic acids is 1. The summed E-state index contributed by atoms with van der Waals surface area (Å²) in [6, 6.07) is 26.3. The minimum absolute atomic E-state index is 0.239. The van der Waals surface area contributed by atoms with Crippen LogP contribution in [-0.4, -0.2) is 39.9 Å². The number of amides is 2. The fourth-order valence-electron chi connectivity index (χ4n) is 5.29. The molecular weight excluding hydrogens is 440 g/mol. The van der Waals surface area contributed by atoms with E-state index < -0.39 is 23.8 Å². The Morgan fingerprint density at radius 2 is 1.37 bits per heavy atom. The van der Waals surface area contributed by atoms with Crippen molar-refractivity contribution < 1.29 is 19.5 Å². The highest BCUT2D eigenvalue weighted by Gasteiger charge is 2.50. The van der Waals surface area contributed by atoms with Crippen LogP contribution in [0.1, 0.15) is 40.2 Å². The zero-order chi connectivity index (χ0) is 24.4.